The van der Waals surface area contributed by atoms with Crippen molar-refractivity contribution in [3.63, 3.8) is 0 Å². The van der Waals surface area contributed by atoms with Gasteiger partial charge in [-0.15, -0.1) is 0 Å². The standard InChI is InChI=1S/C11H23N3O3S/c1-17-9-7-13-18(15,16)14-8-3-5-11(14)10-4-2-6-12-10/h10-13H,2-9H2,1H3. The average molecular weight is 277 g/mol. The SMILES string of the molecule is COCCNS(=O)(=O)N1CCCC1C1CCCN1. The van der Waals surface area contributed by atoms with Gasteiger partial charge in [0.1, 0.15) is 0 Å². The van der Waals surface area contributed by atoms with E-state index in [4.69, 9.17) is 4.74 Å². The Balaban J connectivity index is 1.96. The molecule has 2 aliphatic heterocycles. The average Bonchev–Trinajstić information content (AvgIpc) is 3.00. The molecule has 6 nitrogen and oxygen atoms in total. The lowest BCUT2D eigenvalue weighted by Gasteiger charge is -2.28. The molecule has 2 atom stereocenters. The van der Waals surface area contributed by atoms with Gasteiger partial charge < -0.3 is 10.1 Å². The minimum Gasteiger partial charge on any atom is -0.383 e. The first kappa shape index (κ1) is 14.2. The second-order valence-electron chi connectivity index (χ2n) is 4.92. The zero-order valence-corrected chi connectivity index (χ0v) is 11.7. The van der Waals surface area contributed by atoms with Gasteiger partial charge in [-0.1, -0.05) is 0 Å². The van der Waals surface area contributed by atoms with Crippen LogP contribution in [-0.2, 0) is 14.9 Å². The number of ether oxygens (including phenoxy) is 1. The Kier molecular flexibility index (Phi) is 4.97. The zero-order valence-electron chi connectivity index (χ0n) is 10.9. The highest BCUT2D eigenvalue weighted by Crippen LogP contribution is 2.26. The van der Waals surface area contributed by atoms with Crippen molar-refractivity contribution in [2.45, 2.75) is 37.8 Å². The normalized spacial score (nSPS) is 30.1. The van der Waals surface area contributed by atoms with Crippen molar-refractivity contribution in [1.82, 2.24) is 14.3 Å². The van der Waals surface area contributed by atoms with Crippen molar-refractivity contribution in [1.29, 1.82) is 0 Å². The van der Waals surface area contributed by atoms with E-state index in [1.165, 1.54) is 0 Å². The number of hydrogen-bond donors (Lipinski definition) is 2. The summed E-state index contributed by atoms with van der Waals surface area (Å²) in [7, 11) is -1.79. The molecule has 2 fully saturated rings. The zero-order chi connectivity index (χ0) is 13.0. The molecule has 2 saturated heterocycles. The molecule has 0 aromatic carbocycles. The Morgan fingerprint density at radius 1 is 1.39 bits per heavy atom. The van der Waals surface area contributed by atoms with Gasteiger partial charge in [0.25, 0.3) is 10.2 Å². The van der Waals surface area contributed by atoms with Crippen LogP contribution in [0, 0.1) is 0 Å². The van der Waals surface area contributed by atoms with E-state index in [9.17, 15) is 8.42 Å². The first-order chi connectivity index (χ1) is 8.65. The third-order valence-electron chi connectivity index (χ3n) is 3.71. The van der Waals surface area contributed by atoms with E-state index in [-0.39, 0.29) is 6.04 Å². The van der Waals surface area contributed by atoms with Gasteiger partial charge in [0.15, 0.2) is 0 Å². The number of nitrogens with zero attached hydrogens (tertiary/aromatic N) is 1. The lowest BCUT2D eigenvalue weighted by Crippen LogP contribution is -2.50. The predicted molar refractivity (Wildman–Crippen MR) is 69.6 cm³/mol. The molecule has 18 heavy (non-hydrogen) atoms. The summed E-state index contributed by atoms with van der Waals surface area (Å²) < 4.78 is 33.5. The molecule has 2 rings (SSSR count). The maximum atomic E-state index is 12.2. The Morgan fingerprint density at radius 2 is 2.22 bits per heavy atom. The van der Waals surface area contributed by atoms with E-state index in [1.807, 2.05) is 0 Å². The molecule has 0 spiro atoms. The van der Waals surface area contributed by atoms with Gasteiger partial charge >= 0.3 is 0 Å². The van der Waals surface area contributed by atoms with E-state index >= 15 is 0 Å². The van der Waals surface area contributed by atoms with Crippen molar-refractivity contribution in [3.8, 4) is 0 Å². The van der Waals surface area contributed by atoms with Crippen molar-refractivity contribution in [3.05, 3.63) is 0 Å². The van der Waals surface area contributed by atoms with Crippen LogP contribution in [0.25, 0.3) is 0 Å². The topological polar surface area (TPSA) is 70.7 Å². The summed E-state index contributed by atoms with van der Waals surface area (Å²) in [6.45, 7) is 2.37. The first-order valence-electron chi connectivity index (χ1n) is 6.64. The molecule has 0 aromatic heterocycles. The fraction of sp³-hybridized carbons (Fsp3) is 1.00. The summed E-state index contributed by atoms with van der Waals surface area (Å²) in [5, 5.41) is 3.41. The van der Waals surface area contributed by atoms with Crippen LogP contribution in [-0.4, -0.2) is 58.2 Å². The summed E-state index contributed by atoms with van der Waals surface area (Å²) in [4.78, 5) is 0. The highest BCUT2D eigenvalue weighted by molar-refractivity contribution is 7.87. The highest BCUT2D eigenvalue weighted by Gasteiger charge is 2.39. The summed E-state index contributed by atoms with van der Waals surface area (Å²) in [6, 6.07) is 0.444. The Bertz CT molecular complexity index is 355. The highest BCUT2D eigenvalue weighted by atomic mass is 32.2. The Morgan fingerprint density at radius 3 is 2.89 bits per heavy atom. The third-order valence-corrected chi connectivity index (χ3v) is 5.35. The van der Waals surface area contributed by atoms with Crippen LogP contribution in [0.15, 0.2) is 0 Å². The quantitative estimate of drug-likeness (QED) is 0.653. The molecule has 7 heteroatoms. The molecule has 2 heterocycles. The molecular formula is C11H23N3O3S. The lowest BCUT2D eigenvalue weighted by molar-refractivity contribution is 0.203. The number of nitrogens with one attached hydrogen (secondary N) is 2. The number of methoxy groups -OCH3 is 1. The summed E-state index contributed by atoms with van der Waals surface area (Å²) in [6.07, 6.45) is 4.14. The maximum Gasteiger partial charge on any atom is 0.279 e. The van der Waals surface area contributed by atoms with E-state index in [1.54, 1.807) is 11.4 Å². The number of rotatable bonds is 6. The van der Waals surface area contributed by atoms with Gasteiger partial charge in [0.05, 0.1) is 6.61 Å². The minimum atomic E-state index is -3.36. The monoisotopic (exact) mass is 277 g/mol. The predicted octanol–water partition coefficient (Wildman–Crippen LogP) is -0.316. The fourth-order valence-electron chi connectivity index (χ4n) is 2.86. The summed E-state index contributed by atoms with van der Waals surface area (Å²) in [5.74, 6) is 0. The van der Waals surface area contributed by atoms with Crippen LogP contribution in [0.3, 0.4) is 0 Å². The van der Waals surface area contributed by atoms with Crippen LogP contribution in [0.2, 0.25) is 0 Å². The van der Waals surface area contributed by atoms with Crippen LogP contribution >= 0.6 is 0 Å². The molecule has 0 saturated carbocycles. The van der Waals surface area contributed by atoms with Crippen LogP contribution in [0.5, 0.6) is 0 Å². The summed E-state index contributed by atoms with van der Waals surface area (Å²) >= 11 is 0. The molecule has 0 amide bonds. The summed E-state index contributed by atoms with van der Waals surface area (Å²) in [5.41, 5.74) is 0. The van der Waals surface area contributed by atoms with Crippen molar-refractivity contribution < 1.29 is 13.2 Å². The van der Waals surface area contributed by atoms with E-state index in [2.05, 4.69) is 10.0 Å². The minimum absolute atomic E-state index is 0.118. The van der Waals surface area contributed by atoms with Gasteiger partial charge in [-0.05, 0) is 32.2 Å². The van der Waals surface area contributed by atoms with Gasteiger partial charge in [0.2, 0.25) is 0 Å². The van der Waals surface area contributed by atoms with Gasteiger partial charge in [-0.25, -0.2) is 0 Å². The largest absolute Gasteiger partial charge is 0.383 e. The van der Waals surface area contributed by atoms with Gasteiger partial charge in [0, 0.05) is 32.3 Å². The molecule has 0 bridgehead atoms. The van der Waals surface area contributed by atoms with Crippen molar-refractivity contribution in [2.75, 3.05) is 33.4 Å². The molecule has 0 aromatic rings. The third kappa shape index (κ3) is 3.21. The van der Waals surface area contributed by atoms with Crippen LogP contribution in [0.4, 0.5) is 0 Å². The number of hydrogen-bond acceptors (Lipinski definition) is 4. The van der Waals surface area contributed by atoms with Crippen molar-refractivity contribution >= 4 is 10.2 Å². The molecule has 2 aliphatic rings. The van der Waals surface area contributed by atoms with Crippen LogP contribution < -0.4 is 10.0 Å². The maximum absolute atomic E-state index is 12.2. The smallest absolute Gasteiger partial charge is 0.279 e. The van der Waals surface area contributed by atoms with E-state index < -0.39 is 10.2 Å². The molecule has 0 aliphatic carbocycles. The second kappa shape index (κ2) is 6.29. The fourth-order valence-corrected chi connectivity index (χ4v) is 4.35. The first-order valence-corrected chi connectivity index (χ1v) is 8.08. The molecular weight excluding hydrogens is 254 g/mol. The Labute approximate surface area is 109 Å². The van der Waals surface area contributed by atoms with Gasteiger partial charge in [-0.3, -0.25) is 0 Å². The van der Waals surface area contributed by atoms with E-state index in [0.29, 0.717) is 25.7 Å². The lowest BCUT2D eigenvalue weighted by atomic mass is 10.1. The molecule has 0 radical (unpaired) electrons. The molecule has 2 N–H and O–H groups in total. The van der Waals surface area contributed by atoms with E-state index in [0.717, 1.165) is 32.2 Å². The van der Waals surface area contributed by atoms with Gasteiger partial charge in [-0.2, -0.15) is 17.4 Å². The second-order valence-corrected chi connectivity index (χ2v) is 6.62. The molecule has 106 valence electrons. The van der Waals surface area contributed by atoms with Crippen molar-refractivity contribution in [2.24, 2.45) is 0 Å². The van der Waals surface area contributed by atoms with Crippen LogP contribution in [0.1, 0.15) is 25.7 Å². The molecule has 2 unspecified atom stereocenters. The Hall–Kier alpha value is -0.210.